The predicted octanol–water partition coefficient (Wildman–Crippen LogP) is 3.74. The minimum atomic E-state index is -0.915. The van der Waals surface area contributed by atoms with Crippen LogP contribution in [-0.4, -0.2) is 40.1 Å². The molecule has 0 unspecified atom stereocenters. The fourth-order valence-corrected chi connectivity index (χ4v) is 4.13. The Hall–Kier alpha value is -2.41. The van der Waals surface area contributed by atoms with E-state index >= 15 is 0 Å². The zero-order chi connectivity index (χ0) is 18.5. The van der Waals surface area contributed by atoms with E-state index in [0.29, 0.717) is 29.6 Å². The van der Waals surface area contributed by atoms with Crippen molar-refractivity contribution in [2.75, 3.05) is 13.1 Å². The molecule has 7 heteroatoms. The van der Waals surface area contributed by atoms with Crippen LogP contribution in [-0.2, 0) is 17.8 Å². The first-order chi connectivity index (χ1) is 12.5. The van der Waals surface area contributed by atoms with E-state index in [1.54, 1.807) is 11.8 Å². The lowest BCUT2D eigenvalue weighted by Gasteiger charge is -2.31. The number of piperidine rings is 1. The number of aryl methyl sites for hydroxylation is 1. The summed E-state index contributed by atoms with van der Waals surface area (Å²) in [6, 6.07) is 9.64. The second-order valence-corrected chi connectivity index (χ2v) is 7.59. The Morgan fingerprint density at radius 1 is 1.27 bits per heavy atom. The van der Waals surface area contributed by atoms with E-state index in [2.05, 4.69) is 4.98 Å². The zero-order valence-corrected chi connectivity index (χ0v) is 15.5. The molecule has 0 saturated carbocycles. The number of ether oxygens (including phenoxy) is 1. The molecular weight excluding hydrogens is 352 g/mol. The summed E-state index contributed by atoms with van der Waals surface area (Å²) in [5, 5.41) is 9.99. The lowest BCUT2D eigenvalue weighted by Crippen LogP contribution is -2.39. The van der Waals surface area contributed by atoms with Crippen LogP contribution in [0.15, 0.2) is 30.3 Å². The van der Waals surface area contributed by atoms with Crippen LogP contribution in [0.5, 0.6) is 0 Å². The normalized spacial score (nSPS) is 15.0. The first kappa shape index (κ1) is 18.4. The molecule has 0 atom stereocenters. The molecule has 6 nitrogen and oxygen atoms in total. The number of carbonyl (C=O) groups is 2. The number of benzene rings is 1. The molecule has 3 rings (SSSR count). The largest absolute Gasteiger partial charge is 0.477 e. The number of rotatable bonds is 5. The molecule has 2 heterocycles. The van der Waals surface area contributed by atoms with Gasteiger partial charge in [0.1, 0.15) is 11.5 Å². The number of amides is 1. The third kappa shape index (κ3) is 4.60. The molecule has 1 aromatic carbocycles. The summed E-state index contributed by atoms with van der Waals surface area (Å²) in [4.78, 5) is 29.8. The monoisotopic (exact) mass is 374 g/mol. The number of aromatic nitrogens is 1. The summed E-state index contributed by atoms with van der Waals surface area (Å²) in [6.45, 7) is 3.34. The first-order valence-corrected chi connectivity index (χ1v) is 9.50. The Balaban J connectivity index is 1.45. The number of carboxylic acids is 1. The van der Waals surface area contributed by atoms with E-state index in [9.17, 15) is 9.59 Å². The van der Waals surface area contributed by atoms with Gasteiger partial charge in [-0.3, -0.25) is 0 Å². The Labute approximate surface area is 156 Å². The smallest absolute Gasteiger partial charge is 0.410 e. The maximum absolute atomic E-state index is 12.2. The molecule has 138 valence electrons. The topological polar surface area (TPSA) is 79.7 Å². The fraction of sp³-hybridized carbons (Fsp3) is 0.421. The van der Waals surface area contributed by atoms with Crippen molar-refractivity contribution in [3.63, 3.8) is 0 Å². The van der Waals surface area contributed by atoms with Crippen molar-refractivity contribution in [1.82, 2.24) is 9.88 Å². The van der Waals surface area contributed by atoms with Crippen molar-refractivity contribution in [3.05, 3.63) is 51.5 Å². The van der Waals surface area contributed by atoms with Gasteiger partial charge in [0, 0.05) is 19.5 Å². The highest BCUT2D eigenvalue weighted by atomic mass is 32.1. The predicted molar refractivity (Wildman–Crippen MR) is 98.4 cm³/mol. The third-order valence-electron chi connectivity index (χ3n) is 4.58. The molecule has 1 amide bonds. The molecule has 1 saturated heterocycles. The first-order valence-electron chi connectivity index (χ1n) is 8.68. The number of aromatic carboxylic acids is 1. The Morgan fingerprint density at radius 3 is 2.58 bits per heavy atom. The Kier molecular flexibility index (Phi) is 5.88. The van der Waals surface area contributed by atoms with Crippen LogP contribution in [0.3, 0.4) is 0 Å². The number of likely N-dealkylation sites (tertiary alicyclic amines) is 1. The average Bonchev–Trinajstić information content (AvgIpc) is 3.01. The molecule has 26 heavy (non-hydrogen) atoms. The van der Waals surface area contributed by atoms with Crippen molar-refractivity contribution in [2.24, 2.45) is 5.92 Å². The summed E-state index contributed by atoms with van der Waals surface area (Å²) in [5.41, 5.74) is 1.56. The Morgan fingerprint density at radius 2 is 1.96 bits per heavy atom. The third-order valence-corrected chi connectivity index (χ3v) is 5.74. The number of hydrogen-bond acceptors (Lipinski definition) is 5. The van der Waals surface area contributed by atoms with Gasteiger partial charge in [-0.25, -0.2) is 14.6 Å². The van der Waals surface area contributed by atoms with E-state index in [0.717, 1.165) is 29.8 Å². The second-order valence-electron chi connectivity index (χ2n) is 6.50. The van der Waals surface area contributed by atoms with Crippen LogP contribution < -0.4 is 0 Å². The van der Waals surface area contributed by atoms with Gasteiger partial charge in [-0.2, -0.15) is 0 Å². The van der Waals surface area contributed by atoms with Gasteiger partial charge in [-0.1, -0.05) is 30.3 Å². The lowest BCUT2D eigenvalue weighted by molar-refractivity contribution is 0.0700. The lowest BCUT2D eigenvalue weighted by atomic mass is 9.94. The molecule has 2 aromatic rings. The number of nitrogens with zero attached hydrogens (tertiary/aromatic N) is 2. The maximum atomic E-state index is 12.2. The molecule has 1 fully saturated rings. The van der Waals surface area contributed by atoms with Gasteiger partial charge in [0.2, 0.25) is 0 Å². The molecule has 0 aliphatic carbocycles. The standard InChI is InChI=1S/C19H22N2O4S/c1-13-17(18(22)23)26-16(20-13)11-14-7-9-21(10-8-14)19(24)25-12-15-5-3-2-4-6-15/h2-6,14H,7-12H2,1H3,(H,22,23). The quantitative estimate of drug-likeness (QED) is 0.862. The minimum Gasteiger partial charge on any atom is -0.477 e. The molecule has 0 spiro atoms. The van der Waals surface area contributed by atoms with Gasteiger partial charge < -0.3 is 14.7 Å². The molecular formula is C19H22N2O4S. The number of carboxylic acid groups (broad SMARTS) is 1. The van der Waals surface area contributed by atoms with E-state index in [1.165, 1.54) is 11.3 Å². The number of hydrogen-bond donors (Lipinski definition) is 1. The van der Waals surface area contributed by atoms with E-state index < -0.39 is 5.97 Å². The van der Waals surface area contributed by atoms with E-state index in [1.807, 2.05) is 30.3 Å². The van der Waals surface area contributed by atoms with Crippen molar-refractivity contribution >= 4 is 23.4 Å². The van der Waals surface area contributed by atoms with Crippen LogP contribution in [0.2, 0.25) is 0 Å². The number of carbonyl (C=O) groups excluding carboxylic acids is 1. The van der Waals surface area contributed by atoms with Crippen LogP contribution in [0.4, 0.5) is 4.79 Å². The highest BCUT2D eigenvalue weighted by molar-refractivity contribution is 7.13. The SMILES string of the molecule is Cc1nc(CC2CCN(C(=O)OCc3ccccc3)CC2)sc1C(=O)O. The highest BCUT2D eigenvalue weighted by Crippen LogP contribution is 2.26. The van der Waals surface area contributed by atoms with Gasteiger partial charge in [-0.15, -0.1) is 11.3 Å². The molecule has 1 aliphatic rings. The molecule has 0 radical (unpaired) electrons. The van der Waals surface area contributed by atoms with Gasteiger partial charge in [0.05, 0.1) is 10.7 Å². The van der Waals surface area contributed by atoms with Gasteiger partial charge >= 0.3 is 12.1 Å². The molecule has 1 aromatic heterocycles. The van der Waals surface area contributed by atoms with Crippen LogP contribution in [0.1, 0.15) is 38.8 Å². The van der Waals surface area contributed by atoms with Crippen molar-refractivity contribution < 1.29 is 19.4 Å². The summed E-state index contributed by atoms with van der Waals surface area (Å²) >= 11 is 1.26. The average molecular weight is 374 g/mol. The van der Waals surface area contributed by atoms with Crippen LogP contribution in [0, 0.1) is 12.8 Å². The van der Waals surface area contributed by atoms with Crippen molar-refractivity contribution in [1.29, 1.82) is 0 Å². The summed E-state index contributed by atoms with van der Waals surface area (Å²) in [6.07, 6.45) is 2.25. The van der Waals surface area contributed by atoms with Gasteiger partial charge in [-0.05, 0) is 31.2 Å². The molecule has 0 bridgehead atoms. The van der Waals surface area contributed by atoms with Crippen molar-refractivity contribution in [2.45, 2.75) is 32.8 Å². The maximum Gasteiger partial charge on any atom is 0.410 e. The summed E-state index contributed by atoms with van der Waals surface area (Å²) in [5.74, 6) is -0.498. The Bertz CT molecular complexity index is 767. The zero-order valence-electron chi connectivity index (χ0n) is 14.7. The molecule has 1 aliphatic heterocycles. The highest BCUT2D eigenvalue weighted by Gasteiger charge is 2.25. The van der Waals surface area contributed by atoms with Crippen LogP contribution in [0.25, 0.3) is 0 Å². The summed E-state index contributed by atoms with van der Waals surface area (Å²) in [7, 11) is 0. The second kappa shape index (κ2) is 8.31. The van der Waals surface area contributed by atoms with E-state index in [4.69, 9.17) is 9.84 Å². The van der Waals surface area contributed by atoms with Gasteiger partial charge in [0.25, 0.3) is 0 Å². The fourth-order valence-electron chi connectivity index (χ4n) is 3.12. The molecule has 1 N–H and O–H groups in total. The van der Waals surface area contributed by atoms with E-state index in [-0.39, 0.29) is 12.7 Å². The number of thiazole rings is 1. The van der Waals surface area contributed by atoms with Crippen molar-refractivity contribution in [3.8, 4) is 0 Å². The van der Waals surface area contributed by atoms with Gasteiger partial charge in [0.15, 0.2) is 0 Å². The summed E-state index contributed by atoms with van der Waals surface area (Å²) < 4.78 is 5.38. The minimum absolute atomic E-state index is 0.273. The van der Waals surface area contributed by atoms with Crippen LogP contribution >= 0.6 is 11.3 Å².